The monoisotopic (exact) mass is 564 g/mol. The number of aryl methyl sites for hydroxylation is 1. The summed E-state index contributed by atoms with van der Waals surface area (Å²) in [6.45, 7) is 5.72. The van der Waals surface area contributed by atoms with Gasteiger partial charge in [-0.2, -0.15) is 5.10 Å². The molecule has 0 aliphatic carbocycles. The molecule has 3 aromatic rings. The van der Waals surface area contributed by atoms with Gasteiger partial charge >= 0.3 is 11.8 Å². The number of ether oxygens (including phenoxy) is 2. The van der Waals surface area contributed by atoms with Crippen LogP contribution in [0.1, 0.15) is 11.1 Å². The van der Waals surface area contributed by atoms with E-state index in [1.807, 2.05) is 19.1 Å². The second-order valence-corrected chi connectivity index (χ2v) is 8.50. The van der Waals surface area contributed by atoms with Gasteiger partial charge in [0.2, 0.25) is 0 Å². The molecule has 3 rings (SSSR count). The van der Waals surface area contributed by atoms with Crippen LogP contribution in [0.4, 0.5) is 11.4 Å². The maximum Gasteiger partial charge on any atom is 0.329 e. The van der Waals surface area contributed by atoms with Crippen molar-refractivity contribution in [3.05, 3.63) is 95.0 Å². The molecule has 0 saturated heterocycles. The van der Waals surface area contributed by atoms with E-state index in [9.17, 15) is 14.4 Å². The first kappa shape index (κ1) is 27.2. The maximum absolute atomic E-state index is 12.1. The van der Waals surface area contributed by atoms with Gasteiger partial charge in [-0.05, 0) is 84.8 Å². The zero-order valence-electron chi connectivity index (χ0n) is 20.0. The van der Waals surface area contributed by atoms with Gasteiger partial charge in [-0.25, -0.2) is 5.43 Å². The normalized spacial score (nSPS) is 10.4. The molecular weight excluding hydrogens is 540 g/mol. The summed E-state index contributed by atoms with van der Waals surface area (Å²) >= 11 is 3.42. The second kappa shape index (κ2) is 13.6. The number of hydrazone groups is 1. The van der Waals surface area contributed by atoms with Crippen molar-refractivity contribution in [3.8, 4) is 11.5 Å². The third kappa shape index (κ3) is 8.93. The summed E-state index contributed by atoms with van der Waals surface area (Å²) in [5, 5.41) is 9.04. The van der Waals surface area contributed by atoms with Crippen LogP contribution in [-0.4, -0.2) is 37.1 Å². The molecule has 0 saturated carbocycles. The molecule has 3 amide bonds. The van der Waals surface area contributed by atoms with Crippen molar-refractivity contribution in [3.63, 3.8) is 0 Å². The van der Waals surface area contributed by atoms with Gasteiger partial charge in [0, 0.05) is 15.8 Å². The van der Waals surface area contributed by atoms with E-state index in [-0.39, 0.29) is 12.5 Å². The van der Waals surface area contributed by atoms with Crippen LogP contribution in [0.2, 0.25) is 0 Å². The topological polar surface area (TPSA) is 118 Å². The van der Waals surface area contributed by atoms with Gasteiger partial charge in [0.25, 0.3) is 5.91 Å². The van der Waals surface area contributed by atoms with Crippen molar-refractivity contribution in [1.29, 1.82) is 0 Å². The van der Waals surface area contributed by atoms with Crippen LogP contribution >= 0.6 is 15.9 Å². The van der Waals surface area contributed by atoms with E-state index in [4.69, 9.17) is 9.47 Å². The standard InChI is InChI=1S/C27H25BrN4O5/c1-3-14-36-22-11-6-20(7-12-22)31-26(34)27(35)32-29-16-19-4-9-23(10-5-19)37-17-25(33)30-21-8-13-24(28)18(2)15-21/h3-13,15-16H,1,14,17H2,2H3,(H,30,33)(H,31,34)(H,32,35)/b29-16-. The average Bonchev–Trinajstić information content (AvgIpc) is 2.90. The highest BCUT2D eigenvalue weighted by Crippen LogP contribution is 2.20. The van der Waals surface area contributed by atoms with Crippen molar-refractivity contribution in [2.75, 3.05) is 23.8 Å². The number of hydrogen-bond acceptors (Lipinski definition) is 6. The molecular formula is C27H25BrN4O5. The fraction of sp³-hybridized carbons (Fsp3) is 0.111. The second-order valence-electron chi connectivity index (χ2n) is 7.65. The smallest absolute Gasteiger partial charge is 0.329 e. The van der Waals surface area contributed by atoms with Gasteiger partial charge in [0.15, 0.2) is 6.61 Å². The Bertz CT molecular complexity index is 1290. The van der Waals surface area contributed by atoms with Crippen LogP contribution in [-0.2, 0) is 14.4 Å². The Kier molecular flexibility index (Phi) is 9.98. The van der Waals surface area contributed by atoms with Crippen molar-refractivity contribution in [1.82, 2.24) is 5.43 Å². The number of halogens is 1. The molecule has 10 heteroatoms. The van der Waals surface area contributed by atoms with Crippen molar-refractivity contribution >= 4 is 51.2 Å². The molecule has 0 atom stereocenters. The summed E-state index contributed by atoms with van der Waals surface area (Å²) in [6.07, 6.45) is 3.00. The number of amides is 3. The number of benzene rings is 3. The lowest BCUT2D eigenvalue weighted by atomic mass is 10.2. The molecule has 190 valence electrons. The van der Waals surface area contributed by atoms with E-state index in [0.29, 0.717) is 35.0 Å². The minimum atomic E-state index is -0.921. The quantitative estimate of drug-likeness (QED) is 0.146. The molecule has 0 aliphatic rings. The third-order valence-electron chi connectivity index (χ3n) is 4.76. The van der Waals surface area contributed by atoms with Crippen molar-refractivity contribution < 1.29 is 23.9 Å². The van der Waals surface area contributed by atoms with Crippen LogP contribution in [0.3, 0.4) is 0 Å². The Balaban J connectivity index is 1.41. The zero-order chi connectivity index (χ0) is 26.6. The number of rotatable bonds is 10. The van der Waals surface area contributed by atoms with Gasteiger partial charge in [-0.3, -0.25) is 14.4 Å². The van der Waals surface area contributed by atoms with Crippen LogP contribution in [0, 0.1) is 6.92 Å². The summed E-state index contributed by atoms with van der Waals surface area (Å²) in [4.78, 5) is 36.1. The number of anilines is 2. The van der Waals surface area contributed by atoms with Crippen LogP contribution in [0.25, 0.3) is 0 Å². The molecule has 3 aromatic carbocycles. The van der Waals surface area contributed by atoms with Crippen LogP contribution < -0.4 is 25.5 Å². The molecule has 0 spiro atoms. The summed E-state index contributed by atoms with van der Waals surface area (Å²) in [5.74, 6) is -0.969. The van der Waals surface area contributed by atoms with E-state index >= 15 is 0 Å². The maximum atomic E-state index is 12.1. The summed E-state index contributed by atoms with van der Waals surface area (Å²) < 4.78 is 11.8. The Morgan fingerprint density at radius 1 is 0.892 bits per heavy atom. The molecule has 0 fully saturated rings. The minimum absolute atomic E-state index is 0.154. The third-order valence-corrected chi connectivity index (χ3v) is 5.65. The number of nitrogens with one attached hydrogen (secondary N) is 3. The van der Waals surface area contributed by atoms with E-state index in [0.717, 1.165) is 10.0 Å². The molecule has 0 aliphatic heterocycles. The number of carbonyl (C=O) groups excluding carboxylic acids is 3. The van der Waals surface area contributed by atoms with Crippen molar-refractivity contribution in [2.45, 2.75) is 6.92 Å². The van der Waals surface area contributed by atoms with Gasteiger partial charge in [-0.15, -0.1) is 0 Å². The lowest BCUT2D eigenvalue weighted by Crippen LogP contribution is -2.32. The fourth-order valence-corrected chi connectivity index (χ4v) is 3.16. The zero-order valence-corrected chi connectivity index (χ0v) is 21.6. The average molecular weight is 565 g/mol. The highest BCUT2D eigenvalue weighted by atomic mass is 79.9. The molecule has 0 aromatic heterocycles. The highest BCUT2D eigenvalue weighted by molar-refractivity contribution is 9.10. The van der Waals surface area contributed by atoms with Gasteiger partial charge < -0.3 is 20.1 Å². The van der Waals surface area contributed by atoms with Crippen LogP contribution in [0.15, 0.2) is 89.0 Å². The van der Waals surface area contributed by atoms with E-state index in [1.165, 1.54) is 6.21 Å². The molecule has 9 nitrogen and oxygen atoms in total. The number of nitrogens with zero attached hydrogens (tertiary/aromatic N) is 1. The molecule has 0 radical (unpaired) electrons. The van der Waals surface area contributed by atoms with E-state index in [1.54, 1.807) is 60.7 Å². The molecule has 37 heavy (non-hydrogen) atoms. The van der Waals surface area contributed by atoms with Gasteiger partial charge in [0.05, 0.1) is 6.21 Å². The largest absolute Gasteiger partial charge is 0.490 e. The molecule has 0 unspecified atom stereocenters. The molecule has 3 N–H and O–H groups in total. The SMILES string of the molecule is C=CCOc1ccc(NC(=O)C(=O)N/N=C\c2ccc(OCC(=O)Nc3ccc(Br)c(C)c3)cc2)cc1. The first-order valence-corrected chi connectivity index (χ1v) is 11.9. The predicted octanol–water partition coefficient (Wildman–Crippen LogP) is 4.43. The molecule has 0 bridgehead atoms. The summed E-state index contributed by atoms with van der Waals surface area (Å²) in [5.41, 5.74) is 4.95. The Labute approximate surface area is 222 Å². The van der Waals surface area contributed by atoms with Crippen molar-refractivity contribution in [2.24, 2.45) is 5.10 Å². The van der Waals surface area contributed by atoms with Gasteiger partial charge in [0.1, 0.15) is 18.1 Å². The van der Waals surface area contributed by atoms with Gasteiger partial charge in [-0.1, -0.05) is 28.6 Å². The van der Waals surface area contributed by atoms with E-state index < -0.39 is 11.8 Å². The Morgan fingerprint density at radius 3 is 2.22 bits per heavy atom. The lowest BCUT2D eigenvalue weighted by molar-refractivity contribution is -0.136. The fourth-order valence-electron chi connectivity index (χ4n) is 2.91. The highest BCUT2D eigenvalue weighted by Gasteiger charge is 2.13. The minimum Gasteiger partial charge on any atom is -0.490 e. The predicted molar refractivity (Wildman–Crippen MR) is 146 cm³/mol. The Hall–Kier alpha value is -4.44. The lowest BCUT2D eigenvalue weighted by Gasteiger charge is -2.09. The Morgan fingerprint density at radius 2 is 1.54 bits per heavy atom. The summed E-state index contributed by atoms with van der Waals surface area (Å²) in [6, 6.07) is 18.8. The summed E-state index contributed by atoms with van der Waals surface area (Å²) in [7, 11) is 0. The first-order chi connectivity index (χ1) is 17.8. The van der Waals surface area contributed by atoms with E-state index in [2.05, 4.69) is 43.7 Å². The number of carbonyl (C=O) groups is 3. The first-order valence-electron chi connectivity index (χ1n) is 11.1. The number of hydrogen-bond donors (Lipinski definition) is 3. The van der Waals surface area contributed by atoms with Crippen LogP contribution in [0.5, 0.6) is 11.5 Å². The molecule has 0 heterocycles.